The van der Waals surface area contributed by atoms with E-state index in [0.717, 1.165) is 67.1 Å². The van der Waals surface area contributed by atoms with E-state index < -0.39 is 0 Å². The number of aromatic nitrogens is 4. The first-order valence-electron chi connectivity index (χ1n) is 15.3. The number of rotatable bonds is 2. The van der Waals surface area contributed by atoms with E-state index in [1.54, 1.807) is 0 Å². The summed E-state index contributed by atoms with van der Waals surface area (Å²) >= 11 is 0. The summed E-state index contributed by atoms with van der Waals surface area (Å²) in [5.74, 6) is 0. The molecule has 0 aliphatic carbocycles. The third kappa shape index (κ3) is 5.33. The molecule has 0 spiro atoms. The van der Waals surface area contributed by atoms with Gasteiger partial charge in [-0.25, -0.2) is 9.97 Å². The minimum atomic E-state index is 0.0731. The molecule has 4 heteroatoms. The Balaban J connectivity index is 1.55. The second-order valence-electron chi connectivity index (χ2n) is 13.9. The fourth-order valence-electron chi connectivity index (χ4n) is 5.95. The van der Waals surface area contributed by atoms with E-state index in [9.17, 15) is 0 Å². The molecule has 4 nitrogen and oxygen atoms in total. The van der Waals surface area contributed by atoms with Gasteiger partial charge in [-0.1, -0.05) is 90.1 Å². The highest BCUT2D eigenvalue weighted by Crippen LogP contribution is 2.36. The van der Waals surface area contributed by atoms with Gasteiger partial charge < -0.3 is 9.97 Å². The van der Waals surface area contributed by atoms with Crippen molar-refractivity contribution < 1.29 is 0 Å². The van der Waals surface area contributed by atoms with Crippen LogP contribution in [0.25, 0.3) is 68.6 Å². The molecule has 5 aromatic rings. The Labute approximate surface area is 259 Å². The molecule has 0 radical (unpaired) electrons. The van der Waals surface area contributed by atoms with E-state index in [2.05, 4.69) is 161 Å². The van der Waals surface area contributed by atoms with Crippen LogP contribution in [0.1, 0.15) is 75.4 Å². The predicted molar refractivity (Wildman–Crippen MR) is 187 cm³/mol. The van der Waals surface area contributed by atoms with Crippen LogP contribution in [0, 0.1) is 0 Å². The molecule has 44 heavy (non-hydrogen) atoms. The molecule has 0 saturated heterocycles. The first-order chi connectivity index (χ1) is 21.0. The molecule has 5 heterocycles. The Bertz CT molecular complexity index is 2100. The lowest BCUT2D eigenvalue weighted by atomic mass is 9.86. The van der Waals surface area contributed by atoms with Crippen molar-refractivity contribution in [1.82, 2.24) is 19.9 Å². The lowest BCUT2D eigenvalue weighted by Crippen LogP contribution is -2.10. The Morgan fingerprint density at radius 1 is 0.455 bits per heavy atom. The van der Waals surface area contributed by atoms with E-state index in [-0.39, 0.29) is 10.8 Å². The Morgan fingerprint density at radius 2 is 0.932 bits per heavy atom. The highest BCUT2D eigenvalue weighted by atomic mass is 14.8. The number of nitrogens with zero attached hydrogens (tertiary/aromatic N) is 2. The second-order valence-corrected chi connectivity index (χ2v) is 13.9. The molecule has 0 fully saturated rings. The number of fused-ring (bicyclic) bond motifs is 8. The third-order valence-corrected chi connectivity index (χ3v) is 8.47. The first kappa shape index (κ1) is 27.8. The Morgan fingerprint density at radius 3 is 1.55 bits per heavy atom. The molecule has 0 unspecified atom stereocenters. The van der Waals surface area contributed by atoms with Gasteiger partial charge in [0, 0.05) is 33.2 Å². The van der Waals surface area contributed by atoms with Gasteiger partial charge in [-0.2, -0.15) is 0 Å². The van der Waals surface area contributed by atoms with Crippen LogP contribution in [0.5, 0.6) is 0 Å². The highest BCUT2D eigenvalue weighted by molar-refractivity contribution is 5.94. The summed E-state index contributed by atoms with van der Waals surface area (Å²) in [6, 6.07) is 30.5. The molecule has 0 saturated carbocycles. The van der Waals surface area contributed by atoms with Crippen molar-refractivity contribution in [3.8, 4) is 22.3 Å². The van der Waals surface area contributed by atoms with Crippen molar-refractivity contribution in [3.05, 3.63) is 119 Å². The molecule has 3 aromatic heterocycles. The van der Waals surface area contributed by atoms with Gasteiger partial charge in [0.1, 0.15) is 0 Å². The molecule has 2 N–H and O–H groups in total. The van der Waals surface area contributed by atoms with Gasteiger partial charge >= 0.3 is 0 Å². The quantitative estimate of drug-likeness (QED) is 0.216. The number of aromatic amines is 2. The van der Waals surface area contributed by atoms with Crippen molar-refractivity contribution in [3.63, 3.8) is 0 Å². The molecule has 7 rings (SSSR count). The zero-order valence-corrected chi connectivity index (χ0v) is 26.3. The van der Waals surface area contributed by atoms with Gasteiger partial charge in [-0.3, -0.25) is 0 Å². The van der Waals surface area contributed by atoms with Crippen LogP contribution in [0.4, 0.5) is 0 Å². The maximum Gasteiger partial charge on any atom is 0.0738 e. The zero-order valence-electron chi connectivity index (χ0n) is 26.3. The van der Waals surface area contributed by atoms with Gasteiger partial charge in [0.05, 0.1) is 22.8 Å². The van der Waals surface area contributed by atoms with E-state index >= 15 is 0 Å². The van der Waals surface area contributed by atoms with E-state index in [4.69, 9.17) is 9.97 Å². The zero-order chi connectivity index (χ0) is 30.6. The Kier molecular flexibility index (Phi) is 6.55. The molecule has 2 aliphatic rings. The van der Waals surface area contributed by atoms with Crippen LogP contribution in [0.3, 0.4) is 0 Å². The first-order valence-corrected chi connectivity index (χ1v) is 15.3. The summed E-state index contributed by atoms with van der Waals surface area (Å²) in [4.78, 5) is 17.6. The van der Waals surface area contributed by atoms with Crippen LogP contribution < -0.4 is 0 Å². The van der Waals surface area contributed by atoms with E-state index in [1.165, 1.54) is 11.1 Å². The summed E-state index contributed by atoms with van der Waals surface area (Å²) in [6.07, 6.45) is 8.46. The second kappa shape index (κ2) is 10.3. The maximum absolute atomic E-state index is 5.32. The number of H-pyrrole nitrogens is 2. The largest absolute Gasteiger partial charge is 0.355 e. The fraction of sp³-hybridized carbons (Fsp3) is 0.200. The smallest absolute Gasteiger partial charge is 0.0738 e. The minimum absolute atomic E-state index is 0.0731. The van der Waals surface area contributed by atoms with Crippen molar-refractivity contribution in [2.75, 3.05) is 0 Å². The molecular formula is C40H38N4. The summed E-state index contributed by atoms with van der Waals surface area (Å²) in [5, 5.41) is 0. The van der Waals surface area contributed by atoms with E-state index in [1.807, 2.05) is 0 Å². The van der Waals surface area contributed by atoms with Crippen molar-refractivity contribution >= 4 is 46.4 Å². The van der Waals surface area contributed by atoms with Crippen LogP contribution in [0.2, 0.25) is 0 Å². The average Bonchev–Trinajstić information content (AvgIpc) is 3.79. The van der Waals surface area contributed by atoms with Crippen LogP contribution in [0.15, 0.2) is 84.9 Å². The van der Waals surface area contributed by atoms with Gasteiger partial charge in [-0.15, -0.1) is 0 Å². The fourth-order valence-corrected chi connectivity index (χ4v) is 5.95. The van der Waals surface area contributed by atoms with Crippen LogP contribution in [-0.2, 0) is 10.8 Å². The standard InChI is InChI=1S/C40H38N4/c1-39(2,3)27-11-7-25(8-12-27)37-33-19-17-31(42-33)23-29-15-16-30(41-29)24-32-18-20-34(43-32)38(36-22-21-35(37)44-36)26-9-13-28(14-10-26)40(4,5)6/h7-24,41-42H,1-6H3. The Hall–Kier alpha value is -4.96. The lowest BCUT2D eigenvalue weighted by molar-refractivity contribution is 0.590. The molecule has 0 amide bonds. The lowest BCUT2D eigenvalue weighted by Gasteiger charge is -2.19. The highest BCUT2D eigenvalue weighted by Gasteiger charge is 2.19. The number of hydrogen-bond acceptors (Lipinski definition) is 2. The van der Waals surface area contributed by atoms with Crippen molar-refractivity contribution in [2.45, 2.75) is 52.4 Å². The van der Waals surface area contributed by atoms with Crippen LogP contribution >= 0.6 is 0 Å². The summed E-state index contributed by atoms with van der Waals surface area (Å²) in [7, 11) is 0. The normalized spacial score (nSPS) is 13.0. The molecule has 2 aliphatic heterocycles. The molecular weight excluding hydrogens is 536 g/mol. The van der Waals surface area contributed by atoms with Gasteiger partial charge in [0.25, 0.3) is 0 Å². The summed E-state index contributed by atoms with van der Waals surface area (Å²) in [5.41, 5.74) is 14.8. The minimum Gasteiger partial charge on any atom is -0.355 e. The number of hydrogen-bond donors (Lipinski definition) is 2. The predicted octanol–water partition coefficient (Wildman–Crippen LogP) is 10.6. The summed E-state index contributed by atoms with van der Waals surface area (Å²) in [6.45, 7) is 13.5. The number of benzene rings is 2. The molecule has 0 atom stereocenters. The monoisotopic (exact) mass is 574 g/mol. The van der Waals surface area contributed by atoms with Gasteiger partial charge in [0.15, 0.2) is 0 Å². The summed E-state index contributed by atoms with van der Waals surface area (Å²) < 4.78 is 0. The van der Waals surface area contributed by atoms with Gasteiger partial charge in [0.2, 0.25) is 0 Å². The van der Waals surface area contributed by atoms with Gasteiger partial charge in [-0.05, 0) is 93.8 Å². The molecule has 218 valence electrons. The van der Waals surface area contributed by atoms with E-state index in [0.29, 0.717) is 0 Å². The topological polar surface area (TPSA) is 57.4 Å². The third-order valence-electron chi connectivity index (χ3n) is 8.47. The van der Waals surface area contributed by atoms with Crippen molar-refractivity contribution in [2.24, 2.45) is 0 Å². The molecule has 8 bridgehead atoms. The SMILES string of the molecule is CC(C)(C)c1ccc(-c2c3nc(cc4ccc(cc5ccc([nH]5)c(-c5ccc(C(C)(C)C)cc5)c5nc2C=C5)[nH]4)C=C3)cc1. The number of nitrogens with one attached hydrogen (secondary N) is 2. The van der Waals surface area contributed by atoms with Crippen molar-refractivity contribution in [1.29, 1.82) is 0 Å². The maximum atomic E-state index is 5.32. The van der Waals surface area contributed by atoms with Crippen LogP contribution in [-0.4, -0.2) is 19.9 Å². The average molecular weight is 575 g/mol. The molecule has 2 aromatic carbocycles.